The number of ether oxygens (including phenoxy) is 2. The van der Waals surface area contributed by atoms with Crippen LogP contribution in [0.25, 0.3) is 0 Å². The van der Waals surface area contributed by atoms with Gasteiger partial charge < -0.3 is 30.5 Å². The minimum atomic E-state index is -0.530. The summed E-state index contributed by atoms with van der Waals surface area (Å²) in [6.07, 6.45) is 8.02. The number of nitrogens with one attached hydrogen (secondary N) is 3. The van der Waals surface area contributed by atoms with E-state index in [1.165, 1.54) is 12.0 Å². The van der Waals surface area contributed by atoms with E-state index in [9.17, 15) is 9.90 Å². The molecule has 9 nitrogen and oxygen atoms in total. The van der Waals surface area contributed by atoms with Gasteiger partial charge >= 0.3 is 6.09 Å². The topological polar surface area (TPSA) is 118 Å². The highest BCUT2D eigenvalue weighted by atomic mass is 16.6. The van der Waals surface area contributed by atoms with Crippen LogP contribution < -0.4 is 16.0 Å². The molecule has 0 bridgehead atoms. The number of hydrogen-bond donors (Lipinski definition) is 4. The Morgan fingerprint density at radius 2 is 1.91 bits per heavy atom. The number of hydrogen-bond acceptors (Lipinski definition) is 8. The second kappa shape index (κ2) is 10.5. The summed E-state index contributed by atoms with van der Waals surface area (Å²) < 4.78 is 10.9. The fourth-order valence-electron chi connectivity index (χ4n) is 5.66. The lowest BCUT2D eigenvalue weighted by Crippen LogP contribution is -2.38. The Balaban J connectivity index is 1.44. The average molecular weight is 490 g/mol. The molecule has 1 aliphatic heterocycles. The van der Waals surface area contributed by atoms with Crippen molar-refractivity contribution in [3.05, 3.63) is 11.3 Å². The molecule has 1 unspecified atom stereocenters. The lowest BCUT2D eigenvalue weighted by molar-refractivity contribution is 0.0331. The van der Waals surface area contributed by atoms with Gasteiger partial charge in [0.2, 0.25) is 5.95 Å². The van der Waals surface area contributed by atoms with Crippen LogP contribution in [-0.2, 0) is 22.3 Å². The van der Waals surface area contributed by atoms with Crippen LogP contribution in [0, 0.1) is 10.8 Å². The Hall–Kier alpha value is -2.13. The van der Waals surface area contributed by atoms with Crippen molar-refractivity contribution >= 4 is 17.9 Å². The zero-order chi connectivity index (χ0) is 25.1. The number of carbonyl (C=O) groups is 1. The zero-order valence-electron chi connectivity index (χ0n) is 21.8. The van der Waals surface area contributed by atoms with Gasteiger partial charge in [0.25, 0.3) is 0 Å². The minimum Gasteiger partial charge on any atom is -0.444 e. The summed E-state index contributed by atoms with van der Waals surface area (Å²) in [5.74, 6) is 1.45. The number of amides is 1. The third-order valence-corrected chi connectivity index (χ3v) is 7.78. The molecule has 1 aromatic rings. The molecule has 3 aliphatic rings. The molecule has 1 amide bonds. The van der Waals surface area contributed by atoms with Crippen molar-refractivity contribution in [3.8, 4) is 0 Å². The Kier molecular flexibility index (Phi) is 7.76. The average Bonchev–Trinajstić information content (AvgIpc) is 3.48. The van der Waals surface area contributed by atoms with Gasteiger partial charge in [-0.3, -0.25) is 0 Å². The van der Waals surface area contributed by atoms with Crippen LogP contribution in [0.3, 0.4) is 0 Å². The predicted octanol–water partition coefficient (Wildman–Crippen LogP) is 3.66. The SMILES string of the molecule is C[C@@H](CNC(=O)OC(C)(C)C)Nc1nc2c(c(NCC3(CO)CC34CCOCC4)n1)CCCCC2. The van der Waals surface area contributed by atoms with Crippen molar-refractivity contribution in [2.24, 2.45) is 10.8 Å². The smallest absolute Gasteiger partial charge is 0.407 e. The third kappa shape index (κ3) is 6.17. The second-order valence-electron chi connectivity index (χ2n) is 11.7. The van der Waals surface area contributed by atoms with E-state index in [-0.39, 0.29) is 23.5 Å². The number of carbonyl (C=O) groups excluding carboxylic acids is 1. The molecule has 196 valence electrons. The summed E-state index contributed by atoms with van der Waals surface area (Å²) in [4.78, 5) is 21.7. The molecule has 0 aromatic carbocycles. The molecule has 4 N–H and O–H groups in total. The van der Waals surface area contributed by atoms with E-state index in [2.05, 4.69) is 16.0 Å². The van der Waals surface area contributed by atoms with Crippen molar-refractivity contribution in [2.45, 2.75) is 90.7 Å². The van der Waals surface area contributed by atoms with Crippen LogP contribution in [0.2, 0.25) is 0 Å². The summed E-state index contributed by atoms with van der Waals surface area (Å²) in [5.41, 5.74) is 1.88. The lowest BCUT2D eigenvalue weighted by Gasteiger charge is -2.29. The monoisotopic (exact) mass is 489 g/mol. The quantitative estimate of drug-likeness (QED) is 0.409. The normalized spacial score (nSPS) is 24.1. The molecule has 2 fully saturated rings. The molecule has 1 saturated heterocycles. The Labute approximate surface area is 209 Å². The molecule has 1 saturated carbocycles. The zero-order valence-corrected chi connectivity index (χ0v) is 21.8. The molecule has 1 aromatic heterocycles. The molecule has 35 heavy (non-hydrogen) atoms. The van der Waals surface area contributed by atoms with Gasteiger partial charge in [0.15, 0.2) is 0 Å². The van der Waals surface area contributed by atoms with E-state index >= 15 is 0 Å². The minimum absolute atomic E-state index is 0.0723. The summed E-state index contributed by atoms with van der Waals surface area (Å²) in [6, 6.07) is -0.0723. The molecule has 4 rings (SSSR count). The fraction of sp³-hybridized carbons (Fsp3) is 0.808. The number of aromatic nitrogens is 2. The van der Waals surface area contributed by atoms with Crippen LogP contribution in [-0.4, -0.2) is 65.7 Å². The Bertz CT molecular complexity index is 896. The Morgan fingerprint density at radius 1 is 1.17 bits per heavy atom. The summed E-state index contributed by atoms with van der Waals surface area (Å²) in [7, 11) is 0. The molecule has 9 heteroatoms. The summed E-state index contributed by atoms with van der Waals surface area (Å²) in [5, 5.41) is 20.1. The van der Waals surface area contributed by atoms with Crippen molar-refractivity contribution < 1.29 is 19.4 Å². The van der Waals surface area contributed by atoms with Gasteiger partial charge in [0, 0.05) is 43.3 Å². The number of aliphatic hydroxyl groups excluding tert-OH is 1. The van der Waals surface area contributed by atoms with Crippen LogP contribution in [0.15, 0.2) is 0 Å². The summed E-state index contributed by atoms with van der Waals surface area (Å²) in [6.45, 7) is 10.4. The highest BCUT2D eigenvalue weighted by Gasteiger charge is 2.66. The number of nitrogens with zero attached hydrogens (tertiary/aromatic N) is 2. The van der Waals surface area contributed by atoms with Crippen LogP contribution in [0.1, 0.15) is 77.5 Å². The molecule has 2 heterocycles. The Morgan fingerprint density at radius 3 is 2.63 bits per heavy atom. The van der Waals surface area contributed by atoms with Gasteiger partial charge in [-0.15, -0.1) is 0 Å². The van der Waals surface area contributed by atoms with E-state index < -0.39 is 11.7 Å². The molecule has 0 radical (unpaired) electrons. The maximum absolute atomic E-state index is 12.0. The highest BCUT2D eigenvalue weighted by Crippen LogP contribution is 2.68. The van der Waals surface area contributed by atoms with E-state index in [0.717, 1.165) is 69.7 Å². The molecule has 2 atom stereocenters. The maximum atomic E-state index is 12.0. The first-order valence-corrected chi connectivity index (χ1v) is 13.2. The molecular weight excluding hydrogens is 446 g/mol. The first-order chi connectivity index (χ1) is 16.7. The fourth-order valence-corrected chi connectivity index (χ4v) is 5.66. The van der Waals surface area contributed by atoms with E-state index in [1.54, 1.807) is 0 Å². The molecule has 2 aliphatic carbocycles. The number of aryl methyl sites for hydroxylation is 1. The van der Waals surface area contributed by atoms with Crippen LogP contribution >= 0.6 is 0 Å². The number of alkyl carbamates (subject to hydrolysis) is 1. The number of rotatable bonds is 8. The van der Waals surface area contributed by atoms with E-state index in [4.69, 9.17) is 19.4 Å². The van der Waals surface area contributed by atoms with E-state index in [0.29, 0.717) is 19.0 Å². The first kappa shape index (κ1) is 25.9. The lowest BCUT2D eigenvalue weighted by atomic mass is 9.86. The van der Waals surface area contributed by atoms with Crippen molar-refractivity contribution in [1.29, 1.82) is 0 Å². The van der Waals surface area contributed by atoms with Crippen molar-refractivity contribution in [3.63, 3.8) is 0 Å². The van der Waals surface area contributed by atoms with Gasteiger partial charge in [-0.1, -0.05) is 6.42 Å². The molecule has 1 spiro atoms. The number of aliphatic hydroxyl groups is 1. The van der Waals surface area contributed by atoms with Gasteiger partial charge in [-0.05, 0) is 78.1 Å². The van der Waals surface area contributed by atoms with Crippen LogP contribution in [0.5, 0.6) is 0 Å². The van der Waals surface area contributed by atoms with Gasteiger partial charge in [-0.2, -0.15) is 4.98 Å². The van der Waals surface area contributed by atoms with Gasteiger partial charge in [0.05, 0.1) is 12.3 Å². The van der Waals surface area contributed by atoms with Crippen molar-refractivity contribution in [1.82, 2.24) is 15.3 Å². The second-order valence-corrected chi connectivity index (χ2v) is 11.7. The van der Waals surface area contributed by atoms with Crippen molar-refractivity contribution in [2.75, 3.05) is 43.5 Å². The number of fused-ring (bicyclic) bond motifs is 1. The largest absolute Gasteiger partial charge is 0.444 e. The molecular formula is C26H43N5O4. The first-order valence-electron chi connectivity index (χ1n) is 13.2. The standard InChI is InChI=1S/C26H43N5O4/c1-18(14-27-23(33)35-24(2,3)4)29-22-30-20-9-7-5-6-8-19(20)21(31-22)28-16-26(17-32)15-25(26)10-12-34-13-11-25/h18,32H,5-17H2,1-4H3,(H,27,33)(H2,28,29,30,31)/t18-,26?/m0/s1. The summed E-state index contributed by atoms with van der Waals surface area (Å²) >= 11 is 0. The predicted molar refractivity (Wildman–Crippen MR) is 136 cm³/mol. The van der Waals surface area contributed by atoms with Gasteiger partial charge in [0.1, 0.15) is 11.4 Å². The number of anilines is 2. The van der Waals surface area contributed by atoms with E-state index in [1.807, 2.05) is 27.7 Å². The van der Waals surface area contributed by atoms with Gasteiger partial charge in [-0.25, -0.2) is 9.78 Å². The maximum Gasteiger partial charge on any atom is 0.407 e. The third-order valence-electron chi connectivity index (χ3n) is 7.78. The highest BCUT2D eigenvalue weighted by molar-refractivity contribution is 5.67. The van der Waals surface area contributed by atoms with Crippen LogP contribution in [0.4, 0.5) is 16.6 Å².